The summed E-state index contributed by atoms with van der Waals surface area (Å²) in [6, 6.07) is 19.7. The van der Waals surface area contributed by atoms with Gasteiger partial charge in [-0.05, 0) is 19.4 Å². The Bertz CT molecular complexity index is 903. The van der Waals surface area contributed by atoms with E-state index in [1.165, 1.54) is 4.57 Å². The molecule has 132 valence electrons. The van der Waals surface area contributed by atoms with Gasteiger partial charge in [-0.2, -0.15) is 0 Å². The molecule has 5 heteroatoms. The molecule has 4 rings (SSSR count). The zero-order chi connectivity index (χ0) is 18.1. The molecule has 0 aliphatic carbocycles. The fourth-order valence-corrected chi connectivity index (χ4v) is 3.31. The van der Waals surface area contributed by atoms with Crippen LogP contribution in [0.25, 0.3) is 11.3 Å². The Morgan fingerprint density at radius 1 is 1.08 bits per heavy atom. The second-order valence-electron chi connectivity index (χ2n) is 6.89. The first-order valence-electron chi connectivity index (χ1n) is 8.69. The SMILES string of the molecule is CC1(C)OC(c2ccccc2)CN1C(=O)n1cnc(-c2ccccc2)c1. The molecule has 2 aromatic carbocycles. The fourth-order valence-electron chi connectivity index (χ4n) is 3.31. The Morgan fingerprint density at radius 2 is 1.73 bits per heavy atom. The fraction of sp³-hybridized carbons (Fsp3) is 0.238. The van der Waals surface area contributed by atoms with Crippen LogP contribution in [0.3, 0.4) is 0 Å². The zero-order valence-electron chi connectivity index (χ0n) is 14.9. The van der Waals surface area contributed by atoms with Gasteiger partial charge in [-0.15, -0.1) is 0 Å². The Morgan fingerprint density at radius 3 is 2.42 bits per heavy atom. The van der Waals surface area contributed by atoms with Gasteiger partial charge >= 0.3 is 6.03 Å². The van der Waals surface area contributed by atoms with Crippen molar-refractivity contribution in [2.24, 2.45) is 0 Å². The Labute approximate surface area is 152 Å². The topological polar surface area (TPSA) is 47.4 Å². The lowest BCUT2D eigenvalue weighted by Gasteiger charge is -2.29. The molecule has 1 unspecified atom stereocenters. The number of hydrogen-bond donors (Lipinski definition) is 0. The zero-order valence-corrected chi connectivity index (χ0v) is 14.9. The molecule has 1 atom stereocenters. The average molecular weight is 347 g/mol. The molecule has 1 fully saturated rings. The van der Waals surface area contributed by atoms with E-state index in [9.17, 15) is 4.79 Å². The van der Waals surface area contributed by atoms with Crippen LogP contribution in [-0.2, 0) is 4.74 Å². The van der Waals surface area contributed by atoms with Crippen molar-refractivity contribution < 1.29 is 9.53 Å². The number of imidazole rings is 1. The third-order valence-electron chi connectivity index (χ3n) is 4.70. The number of nitrogens with zero attached hydrogens (tertiary/aromatic N) is 3. The van der Waals surface area contributed by atoms with Crippen LogP contribution in [0, 0.1) is 0 Å². The molecule has 1 saturated heterocycles. The number of amides is 1. The van der Waals surface area contributed by atoms with Crippen molar-refractivity contribution in [2.75, 3.05) is 6.54 Å². The number of carbonyl (C=O) groups is 1. The Balaban J connectivity index is 1.57. The highest BCUT2D eigenvalue weighted by Crippen LogP contribution is 2.36. The summed E-state index contributed by atoms with van der Waals surface area (Å²) < 4.78 is 7.68. The van der Waals surface area contributed by atoms with Crippen molar-refractivity contribution in [3.8, 4) is 11.3 Å². The first kappa shape index (κ1) is 16.5. The highest BCUT2D eigenvalue weighted by Gasteiger charge is 2.43. The standard InChI is InChI=1S/C21H21N3O2/c1-21(2)24(14-19(26-21)17-11-7-4-8-12-17)20(25)23-13-18(22-15-23)16-9-5-3-6-10-16/h3-13,15,19H,14H2,1-2H3. The van der Waals surface area contributed by atoms with Gasteiger partial charge in [0.2, 0.25) is 0 Å². The molecule has 1 aliphatic rings. The van der Waals surface area contributed by atoms with Gasteiger partial charge in [-0.3, -0.25) is 9.47 Å². The third kappa shape index (κ3) is 3.02. The molecule has 1 aromatic heterocycles. The molecular formula is C21H21N3O2. The number of hydrogen-bond acceptors (Lipinski definition) is 3. The lowest BCUT2D eigenvalue weighted by atomic mass is 10.1. The van der Waals surface area contributed by atoms with E-state index < -0.39 is 5.72 Å². The van der Waals surface area contributed by atoms with Crippen molar-refractivity contribution in [2.45, 2.75) is 25.7 Å². The summed E-state index contributed by atoms with van der Waals surface area (Å²) in [4.78, 5) is 19.2. The second-order valence-corrected chi connectivity index (χ2v) is 6.89. The lowest BCUT2D eigenvalue weighted by Crippen LogP contribution is -2.45. The molecule has 1 aliphatic heterocycles. The lowest BCUT2D eigenvalue weighted by molar-refractivity contribution is -0.0613. The summed E-state index contributed by atoms with van der Waals surface area (Å²) in [5, 5.41) is 0. The number of benzene rings is 2. The smallest absolute Gasteiger partial charge is 0.331 e. The first-order chi connectivity index (χ1) is 12.5. The predicted octanol–water partition coefficient (Wildman–Crippen LogP) is 4.33. The van der Waals surface area contributed by atoms with E-state index >= 15 is 0 Å². The molecule has 5 nitrogen and oxygen atoms in total. The molecule has 26 heavy (non-hydrogen) atoms. The van der Waals surface area contributed by atoms with Gasteiger partial charge in [0.15, 0.2) is 0 Å². The summed E-state index contributed by atoms with van der Waals surface area (Å²) in [5.41, 5.74) is 2.15. The molecule has 0 saturated carbocycles. The van der Waals surface area contributed by atoms with Gasteiger partial charge in [-0.1, -0.05) is 60.7 Å². The van der Waals surface area contributed by atoms with Crippen molar-refractivity contribution in [3.05, 3.63) is 78.8 Å². The second kappa shape index (κ2) is 6.42. The molecule has 0 N–H and O–H groups in total. The molecule has 0 spiro atoms. The minimum absolute atomic E-state index is 0.132. The molecule has 2 heterocycles. The van der Waals surface area contributed by atoms with E-state index in [4.69, 9.17) is 4.74 Å². The summed E-state index contributed by atoms with van der Waals surface area (Å²) in [7, 11) is 0. The molecule has 1 amide bonds. The third-order valence-corrected chi connectivity index (χ3v) is 4.70. The quantitative estimate of drug-likeness (QED) is 0.693. The van der Waals surface area contributed by atoms with E-state index in [0.29, 0.717) is 6.54 Å². The number of aromatic nitrogens is 2. The number of ether oxygens (including phenoxy) is 1. The Hall–Kier alpha value is -2.92. The molecular weight excluding hydrogens is 326 g/mol. The van der Waals surface area contributed by atoms with Gasteiger partial charge in [0.25, 0.3) is 0 Å². The van der Waals surface area contributed by atoms with E-state index in [1.807, 2.05) is 74.5 Å². The molecule has 0 bridgehead atoms. The van der Waals surface area contributed by atoms with Gasteiger partial charge in [0.05, 0.1) is 12.2 Å². The van der Waals surface area contributed by atoms with Crippen molar-refractivity contribution in [3.63, 3.8) is 0 Å². The van der Waals surface area contributed by atoms with Crippen LogP contribution in [-0.4, -0.2) is 32.8 Å². The maximum absolute atomic E-state index is 13.1. The van der Waals surface area contributed by atoms with E-state index in [1.54, 1.807) is 17.4 Å². The van der Waals surface area contributed by atoms with Crippen molar-refractivity contribution in [1.29, 1.82) is 0 Å². The van der Waals surface area contributed by atoms with Crippen LogP contribution in [0.5, 0.6) is 0 Å². The van der Waals surface area contributed by atoms with E-state index in [0.717, 1.165) is 16.8 Å². The van der Waals surface area contributed by atoms with Crippen LogP contribution in [0.2, 0.25) is 0 Å². The summed E-state index contributed by atoms with van der Waals surface area (Å²) >= 11 is 0. The van der Waals surface area contributed by atoms with Crippen molar-refractivity contribution >= 4 is 6.03 Å². The first-order valence-corrected chi connectivity index (χ1v) is 8.69. The van der Waals surface area contributed by atoms with Gasteiger partial charge < -0.3 is 4.74 Å². The van der Waals surface area contributed by atoms with Crippen LogP contribution < -0.4 is 0 Å². The van der Waals surface area contributed by atoms with Crippen LogP contribution >= 0.6 is 0 Å². The molecule has 0 radical (unpaired) electrons. The maximum atomic E-state index is 13.1. The van der Waals surface area contributed by atoms with Crippen LogP contribution in [0.15, 0.2) is 73.2 Å². The Kier molecular flexibility index (Phi) is 4.09. The predicted molar refractivity (Wildman–Crippen MR) is 99.5 cm³/mol. The van der Waals surface area contributed by atoms with Gasteiger partial charge in [0.1, 0.15) is 18.2 Å². The van der Waals surface area contributed by atoms with Gasteiger partial charge in [0, 0.05) is 11.8 Å². The highest BCUT2D eigenvalue weighted by molar-refractivity contribution is 5.79. The number of carbonyl (C=O) groups excluding carboxylic acids is 1. The van der Waals surface area contributed by atoms with Crippen molar-refractivity contribution in [1.82, 2.24) is 14.5 Å². The summed E-state index contributed by atoms with van der Waals surface area (Å²) in [6.45, 7) is 4.35. The summed E-state index contributed by atoms with van der Waals surface area (Å²) in [6.07, 6.45) is 3.20. The average Bonchev–Trinajstić information content (AvgIpc) is 3.27. The van der Waals surface area contributed by atoms with Gasteiger partial charge in [-0.25, -0.2) is 9.78 Å². The van der Waals surface area contributed by atoms with E-state index in [-0.39, 0.29) is 12.1 Å². The molecule has 3 aromatic rings. The minimum Gasteiger partial charge on any atom is -0.346 e. The van der Waals surface area contributed by atoms with Crippen LogP contribution in [0.4, 0.5) is 4.79 Å². The maximum Gasteiger partial charge on any atom is 0.331 e. The largest absolute Gasteiger partial charge is 0.346 e. The van der Waals surface area contributed by atoms with Crippen LogP contribution in [0.1, 0.15) is 25.5 Å². The monoisotopic (exact) mass is 347 g/mol. The minimum atomic E-state index is -0.686. The van der Waals surface area contributed by atoms with E-state index in [2.05, 4.69) is 4.98 Å². The normalized spacial score (nSPS) is 18.8. The summed E-state index contributed by atoms with van der Waals surface area (Å²) in [5.74, 6) is 0. The highest BCUT2D eigenvalue weighted by atomic mass is 16.5. The number of rotatable bonds is 2.